The summed E-state index contributed by atoms with van der Waals surface area (Å²) in [6.45, 7) is 0.421. The predicted molar refractivity (Wildman–Crippen MR) is 73.3 cm³/mol. The molecule has 2 rings (SSSR count). The van der Waals surface area contributed by atoms with Crippen molar-refractivity contribution in [1.82, 2.24) is 5.32 Å². The van der Waals surface area contributed by atoms with Crippen molar-refractivity contribution in [3.8, 4) is 11.5 Å². The molecule has 0 saturated heterocycles. The summed E-state index contributed by atoms with van der Waals surface area (Å²) in [5.74, 6) is -0.363. The molecule has 3 nitrogen and oxygen atoms in total. The summed E-state index contributed by atoms with van der Waals surface area (Å²) in [5, 5.41) is 13.0. The fourth-order valence-electron chi connectivity index (χ4n) is 2.71. The van der Waals surface area contributed by atoms with E-state index >= 15 is 0 Å². The first-order valence-electron chi connectivity index (χ1n) is 7.06. The van der Waals surface area contributed by atoms with Gasteiger partial charge in [-0.1, -0.05) is 0 Å². The van der Waals surface area contributed by atoms with Crippen LogP contribution in [0, 0.1) is 5.92 Å². The molecule has 0 atom stereocenters. The lowest BCUT2D eigenvalue weighted by Crippen LogP contribution is -2.36. The molecule has 1 fully saturated rings. The summed E-state index contributed by atoms with van der Waals surface area (Å²) in [6, 6.07) is 5.00. The van der Waals surface area contributed by atoms with Crippen LogP contribution in [0.25, 0.3) is 0 Å². The quantitative estimate of drug-likeness (QED) is 0.893. The fraction of sp³-hybridized carbons (Fsp3) is 0.600. The number of phenols is 1. The van der Waals surface area contributed by atoms with Crippen molar-refractivity contribution in [3.63, 3.8) is 0 Å². The lowest BCUT2D eigenvalue weighted by atomic mass is 9.85. The van der Waals surface area contributed by atoms with Crippen molar-refractivity contribution < 1.29 is 23.0 Å². The van der Waals surface area contributed by atoms with E-state index in [0.29, 0.717) is 30.7 Å². The lowest BCUT2D eigenvalue weighted by Gasteiger charge is -2.30. The number of benzene rings is 1. The second-order valence-electron chi connectivity index (χ2n) is 5.47. The van der Waals surface area contributed by atoms with Crippen LogP contribution in [0.3, 0.4) is 0 Å². The third kappa shape index (κ3) is 4.27. The van der Waals surface area contributed by atoms with E-state index in [1.807, 2.05) is 0 Å². The Morgan fingerprint density at radius 3 is 2.48 bits per heavy atom. The predicted octanol–water partition coefficient (Wildman–Crippen LogP) is 3.61. The molecule has 0 bridgehead atoms. The first-order valence-corrected chi connectivity index (χ1v) is 7.06. The summed E-state index contributed by atoms with van der Waals surface area (Å²) in [6.07, 6.45) is -2.71. The molecular weight excluding hydrogens is 283 g/mol. The van der Waals surface area contributed by atoms with Crippen LogP contribution in [0.2, 0.25) is 0 Å². The van der Waals surface area contributed by atoms with Gasteiger partial charge in [0.25, 0.3) is 0 Å². The molecule has 0 heterocycles. The van der Waals surface area contributed by atoms with Crippen LogP contribution in [0.15, 0.2) is 18.2 Å². The Morgan fingerprint density at radius 1 is 1.24 bits per heavy atom. The largest absolute Gasteiger partial charge is 0.508 e. The maximum absolute atomic E-state index is 12.6. The highest BCUT2D eigenvalue weighted by Crippen LogP contribution is 2.37. The zero-order valence-corrected chi connectivity index (χ0v) is 11.9. The highest BCUT2D eigenvalue weighted by Gasteiger charge is 2.41. The number of methoxy groups -OCH3 is 1. The number of alkyl halides is 3. The molecule has 1 saturated carbocycles. The van der Waals surface area contributed by atoms with Crippen LogP contribution < -0.4 is 10.1 Å². The number of aromatic hydroxyl groups is 1. The number of hydrogen-bond acceptors (Lipinski definition) is 3. The number of phenolic OH excluding ortho intramolecular Hbond substituents is 1. The molecule has 1 aliphatic carbocycles. The number of nitrogens with one attached hydrogen (secondary N) is 1. The van der Waals surface area contributed by atoms with Crippen molar-refractivity contribution >= 4 is 0 Å². The first kappa shape index (κ1) is 15.9. The van der Waals surface area contributed by atoms with Crippen LogP contribution in [0.4, 0.5) is 13.2 Å². The van der Waals surface area contributed by atoms with Gasteiger partial charge in [0.2, 0.25) is 0 Å². The maximum Gasteiger partial charge on any atom is 0.391 e. The van der Waals surface area contributed by atoms with Gasteiger partial charge in [-0.2, -0.15) is 13.2 Å². The van der Waals surface area contributed by atoms with Crippen LogP contribution in [-0.2, 0) is 6.54 Å². The lowest BCUT2D eigenvalue weighted by molar-refractivity contribution is -0.182. The van der Waals surface area contributed by atoms with E-state index in [-0.39, 0.29) is 24.6 Å². The summed E-state index contributed by atoms with van der Waals surface area (Å²) in [7, 11) is 1.54. The highest BCUT2D eigenvalue weighted by molar-refractivity contribution is 5.39. The van der Waals surface area contributed by atoms with Crippen LogP contribution in [0.5, 0.6) is 11.5 Å². The minimum atomic E-state index is -4.07. The Morgan fingerprint density at radius 2 is 1.90 bits per heavy atom. The van der Waals surface area contributed by atoms with Crippen molar-refractivity contribution in [2.24, 2.45) is 5.92 Å². The third-order valence-electron chi connectivity index (χ3n) is 4.06. The molecule has 6 heteroatoms. The van der Waals surface area contributed by atoms with Gasteiger partial charge in [0, 0.05) is 18.2 Å². The van der Waals surface area contributed by atoms with Crippen LogP contribution >= 0.6 is 0 Å². The van der Waals surface area contributed by atoms with Gasteiger partial charge in [-0.3, -0.25) is 0 Å². The Labute approximate surface area is 122 Å². The van der Waals surface area contributed by atoms with Gasteiger partial charge in [-0.15, -0.1) is 0 Å². The Bertz CT molecular complexity index is 468. The molecule has 0 aromatic heterocycles. The van der Waals surface area contributed by atoms with Crippen LogP contribution in [-0.4, -0.2) is 24.4 Å². The SMILES string of the molecule is COc1ccc(O)c(CNC2CCC(C(F)(F)F)CC2)c1. The molecule has 21 heavy (non-hydrogen) atoms. The highest BCUT2D eigenvalue weighted by atomic mass is 19.4. The molecule has 0 aliphatic heterocycles. The van der Waals surface area contributed by atoms with Gasteiger partial charge < -0.3 is 15.2 Å². The second kappa shape index (κ2) is 6.56. The molecule has 1 aliphatic rings. The average molecular weight is 303 g/mol. The number of hydrogen-bond donors (Lipinski definition) is 2. The van der Waals surface area contributed by atoms with Crippen molar-refractivity contribution in [2.45, 2.75) is 44.4 Å². The van der Waals surface area contributed by atoms with E-state index in [2.05, 4.69) is 5.32 Å². The number of halogens is 3. The molecule has 1 aromatic rings. The Kier molecular flexibility index (Phi) is 4.98. The minimum absolute atomic E-state index is 0.0641. The van der Waals surface area contributed by atoms with Crippen LogP contribution in [0.1, 0.15) is 31.2 Å². The maximum atomic E-state index is 12.6. The first-order chi connectivity index (χ1) is 9.90. The zero-order chi connectivity index (χ0) is 15.5. The summed E-state index contributed by atoms with van der Waals surface area (Å²) in [5.41, 5.74) is 0.687. The summed E-state index contributed by atoms with van der Waals surface area (Å²) < 4.78 is 42.9. The second-order valence-corrected chi connectivity index (χ2v) is 5.47. The van der Waals surface area contributed by atoms with Gasteiger partial charge in [0.15, 0.2) is 0 Å². The molecule has 118 valence electrons. The van der Waals surface area contributed by atoms with E-state index in [4.69, 9.17) is 4.74 Å². The molecule has 0 unspecified atom stereocenters. The van der Waals surface area contributed by atoms with Gasteiger partial charge in [0.1, 0.15) is 11.5 Å². The van der Waals surface area contributed by atoms with E-state index in [1.165, 1.54) is 0 Å². The monoisotopic (exact) mass is 303 g/mol. The summed E-state index contributed by atoms with van der Waals surface area (Å²) in [4.78, 5) is 0. The third-order valence-corrected chi connectivity index (χ3v) is 4.06. The standard InChI is InChI=1S/C15H20F3NO2/c1-21-13-6-7-14(20)10(8-13)9-19-12-4-2-11(3-5-12)15(16,17)18/h6-8,11-12,19-20H,2-5,9H2,1H3. The molecule has 0 amide bonds. The fourth-order valence-corrected chi connectivity index (χ4v) is 2.71. The van der Waals surface area contributed by atoms with E-state index in [1.54, 1.807) is 25.3 Å². The van der Waals surface area contributed by atoms with Gasteiger partial charge in [0.05, 0.1) is 13.0 Å². The molecule has 0 spiro atoms. The normalized spacial score (nSPS) is 23.0. The topological polar surface area (TPSA) is 41.5 Å². The van der Waals surface area contributed by atoms with Crippen molar-refractivity contribution in [3.05, 3.63) is 23.8 Å². The smallest absolute Gasteiger partial charge is 0.391 e. The summed E-state index contributed by atoms with van der Waals surface area (Å²) >= 11 is 0. The van der Waals surface area contributed by atoms with Crippen molar-refractivity contribution in [1.29, 1.82) is 0 Å². The molecule has 0 radical (unpaired) electrons. The molecule has 2 N–H and O–H groups in total. The molecule has 1 aromatic carbocycles. The molecular formula is C15H20F3NO2. The van der Waals surface area contributed by atoms with Gasteiger partial charge in [-0.05, 0) is 43.9 Å². The average Bonchev–Trinajstić information content (AvgIpc) is 2.46. The van der Waals surface area contributed by atoms with E-state index in [0.717, 1.165) is 0 Å². The van der Waals surface area contributed by atoms with E-state index in [9.17, 15) is 18.3 Å². The van der Waals surface area contributed by atoms with Gasteiger partial charge in [-0.25, -0.2) is 0 Å². The Balaban J connectivity index is 1.85. The van der Waals surface area contributed by atoms with Crippen molar-refractivity contribution in [2.75, 3.05) is 7.11 Å². The van der Waals surface area contributed by atoms with Gasteiger partial charge >= 0.3 is 6.18 Å². The number of ether oxygens (including phenoxy) is 1. The zero-order valence-electron chi connectivity index (χ0n) is 11.9. The minimum Gasteiger partial charge on any atom is -0.508 e. The Hall–Kier alpha value is -1.43. The number of rotatable bonds is 4. The van der Waals surface area contributed by atoms with E-state index < -0.39 is 12.1 Å².